The largest absolute Gasteiger partial charge is 0.384 e. The molecule has 2 rings (SSSR count). The van der Waals surface area contributed by atoms with E-state index in [1.807, 2.05) is 6.07 Å². The highest BCUT2D eigenvalue weighted by Gasteiger charge is 2.35. The molecule has 0 N–H and O–H groups in total. The molecule has 0 amide bonds. The Balaban J connectivity index is 2.39. The standard InChI is InChI=1S/C16H20O2/c1-17-12-16(13-18-2)11-7-6-10-15(16)14-8-4-3-5-9-14/h3-10H,11-13H2,1-2H3. The van der Waals surface area contributed by atoms with Crippen LogP contribution in [-0.4, -0.2) is 27.4 Å². The Kier molecular flexibility index (Phi) is 4.34. The molecule has 0 saturated heterocycles. The second-order valence-corrected chi connectivity index (χ2v) is 4.72. The van der Waals surface area contributed by atoms with Crippen molar-refractivity contribution in [3.05, 3.63) is 54.1 Å². The second-order valence-electron chi connectivity index (χ2n) is 4.72. The second kappa shape index (κ2) is 5.98. The van der Waals surface area contributed by atoms with Gasteiger partial charge in [0, 0.05) is 19.6 Å². The minimum Gasteiger partial charge on any atom is -0.384 e. The monoisotopic (exact) mass is 244 g/mol. The number of allylic oxidation sites excluding steroid dienone is 3. The smallest absolute Gasteiger partial charge is 0.0584 e. The number of methoxy groups -OCH3 is 2. The number of rotatable bonds is 5. The third-order valence-electron chi connectivity index (χ3n) is 3.40. The first-order valence-electron chi connectivity index (χ1n) is 6.23. The van der Waals surface area contributed by atoms with E-state index in [9.17, 15) is 0 Å². The van der Waals surface area contributed by atoms with E-state index in [-0.39, 0.29) is 5.41 Å². The van der Waals surface area contributed by atoms with Crippen LogP contribution in [0.5, 0.6) is 0 Å². The van der Waals surface area contributed by atoms with Gasteiger partial charge >= 0.3 is 0 Å². The van der Waals surface area contributed by atoms with Crippen LogP contribution in [0.1, 0.15) is 12.0 Å². The van der Waals surface area contributed by atoms with Crippen molar-refractivity contribution in [2.75, 3.05) is 27.4 Å². The van der Waals surface area contributed by atoms with Gasteiger partial charge in [-0.3, -0.25) is 0 Å². The minimum absolute atomic E-state index is 0.0698. The zero-order valence-electron chi connectivity index (χ0n) is 11.1. The van der Waals surface area contributed by atoms with E-state index in [4.69, 9.17) is 9.47 Å². The molecule has 0 aromatic heterocycles. The highest BCUT2D eigenvalue weighted by Crippen LogP contribution is 2.41. The summed E-state index contributed by atoms with van der Waals surface area (Å²) >= 11 is 0. The molecule has 1 aromatic rings. The van der Waals surface area contributed by atoms with Gasteiger partial charge in [0.2, 0.25) is 0 Å². The summed E-state index contributed by atoms with van der Waals surface area (Å²) in [6.07, 6.45) is 7.43. The summed E-state index contributed by atoms with van der Waals surface area (Å²) in [7, 11) is 3.50. The Morgan fingerprint density at radius 2 is 1.72 bits per heavy atom. The molecule has 0 aliphatic heterocycles. The predicted octanol–water partition coefficient (Wildman–Crippen LogP) is 3.31. The Labute approximate surface area is 109 Å². The van der Waals surface area contributed by atoms with E-state index in [0.717, 1.165) is 6.42 Å². The average molecular weight is 244 g/mol. The molecule has 0 radical (unpaired) electrons. The van der Waals surface area contributed by atoms with E-state index in [1.165, 1.54) is 11.1 Å². The molecule has 0 atom stereocenters. The first-order chi connectivity index (χ1) is 8.82. The van der Waals surface area contributed by atoms with Gasteiger partial charge in [0.25, 0.3) is 0 Å². The summed E-state index contributed by atoms with van der Waals surface area (Å²) in [5.74, 6) is 0. The quantitative estimate of drug-likeness (QED) is 0.791. The van der Waals surface area contributed by atoms with Crippen molar-refractivity contribution in [2.45, 2.75) is 6.42 Å². The van der Waals surface area contributed by atoms with E-state index in [2.05, 4.69) is 42.5 Å². The molecule has 0 spiro atoms. The van der Waals surface area contributed by atoms with Gasteiger partial charge in [-0.25, -0.2) is 0 Å². The van der Waals surface area contributed by atoms with Crippen LogP contribution in [-0.2, 0) is 9.47 Å². The Bertz CT molecular complexity index is 426. The van der Waals surface area contributed by atoms with E-state index >= 15 is 0 Å². The summed E-state index contributed by atoms with van der Waals surface area (Å²) in [5, 5.41) is 0. The van der Waals surface area contributed by atoms with Crippen LogP contribution in [0.3, 0.4) is 0 Å². The molecule has 0 fully saturated rings. The van der Waals surface area contributed by atoms with Crippen molar-refractivity contribution in [1.82, 2.24) is 0 Å². The SMILES string of the molecule is COCC1(COC)CC=CC=C1c1ccccc1. The molecule has 1 aliphatic carbocycles. The van der Waals surface area contributed by atoms with E-state index in [1.54, 1.807) is 14.2 Å². The Hall–Kier alpha value is -1.38. The molecular weight excluding hydrogens is 224 g/mol. The molecule has 0 bridgehead atoms. The van der Waals surface area contributed by atoms with Crippen molar-refractivity contribution in [3.8, 4) is 0 Å². The Morgan fingerprint density at radius 1 is 1.06 bits per heavy atom. The van der Waals surface area contributed by atoms with Crippen LogP contribution >= 0.6 is 0 Å². The lowest BCUT2D eigenvalue weighted by atomic mass is 9.73. The number of hydrogen-bond donors (Lipinski definition) is 0. The summed E-state index contributed by atoms with van der Waals surface area (Å²) in [6, 6.07) is 10.5. The van der Waals surface area contributed by atoms with Crippen LogP contribution in [0.15, 0.2) is 48.6 Å². The lowest BCUT2D eigenvalue weighted by molar-refractivity contribution is 0.0479. The Morgan fingerprint density at radius 3 is 2.33 bits per heavy atom. The van der Waals surface area contributed by atoms with Gasteiger partial charge in [0.05, 0.1) is 13.2 Å². The number of benzene rings is 1. The third-order valence-corrected chi connectivity index (χ3v) is 3.40. The zero-order chi connectivity index (χ0) is 12.8. The van der Waals surface area contributed by atoms with E-state index in [0.29, 0.717) is 13.2 Å². The fraction of sp³-hybridized carbons (Fsp3) is 0.375. The maximum Gasteiger partial charge on any atom is 0.0584 e. The highest BCUT2D eigenvalue weighted by molar-refractivity contribution is 5.73. The molecule has 1 aromatic carbocycles. The molecule has 2 heteroatoms. The van der Waals surface area contributed by atoms with E-state index < -0.39 is 0 Å². The molecular formula is C16H20O2. The maximum absolute atomic E-state index is 5.43. The summed E-state index contributed by atoms with van der Waals surface area (Å²) in [5.41, 5.74) is 2.48. The van der Waals surface area contributed by atoms with Crippen molar-refractivity contribution in [2.24, 2.45) is 5.41 Å². The predicted molar refractivity (Wildman–Crippen MR) is 74.4 cm³/mol. The zero-order valence-corrected chi connectivity index (χ0v) is 11.1. The summed E-state index contributed by atoms with van der Waals surface area (Å²) in [4.78, 5) is 0. The summed E-state index contributed by atoms with van der Waals surface area (Å²) < 4.78 is 10.9. The maximum atomic E-state index is 5.43. The highest BCUT2D eigenvalue weighted by atomic mass is 16.5. The molecule has 96 valence electrons. The van der Waals surface area contributed by atoms with Crippen LogP contribution in [0.2, 0.25) is 0 Å². The van der Waals surface area contributed by atoms with Gasteiger partial charge in [-0.2, -0.15) is 0 Å². The average Bonchev–Trinajstić information content (AvgIpc) is 2.41. The van der Waals surface area contributed by atoms with Crippen molar-refractivity contribution >= 4 is 5.57 Å². The topological polar surface area (TPSA) is 18.5 Å². The number of hydrogen-bond acceptors (Lipinski definition) is 2. The first-order valence-corrected chi connectivity index (χ1v) is 6.23. The lowest BCUT2D eigenvalue weighted by Crippen LogP contribution is -2.33. The fourth-order valence-electron chi connectivity index (χ4n) is 2.63. The van der Waals surface area contributed by atoms with Gasteiger partial charge in [0.15, 0.2) is 0 Å². The van der Waals surface area contributed by atoms with Gasteiger partial charge in [0.1, 0.15) is 0 Å². The molecule has 0 heterocycles. The lowest BCUT2D eigenvalue weighted by Gasteiger charge is -2.36. The van der Waals surface area contributed by atoms with Gasteiger partial charge in [-0.1, -0.05) is 48.6 Å². The van der Waals surface area contributed by atoms with Gasteiger partial charge < -0.3 is 9.47 Å². The van der Waals surface area contributed by atoms with Crippen LogP contribution in [0.4, 0.5) is 0 Å². The molecule has 0 unspecified atom stereocenters. The normalized spacial score (nSPS) is 17.6. The van der Waals surface area contributed by atoms with Gasteiger partial charge in [-0.05, 0) is 17.6 Å². The van der Waals surface area contributed by atoms with Crippen LogP contribution < -0.4 is 0 Å². The molecule has 18 heavy (non-hydrogen) atoms. The molecule has 0 saturated carbocycles. The molecule has 1 aliphatic rings. The van der Waals surface area contributed by atoms with Crippen molar-refractivity contribution < 1.29 is 9.47 Å². The number of ether oxygens (including phenoxy) is 2. The minimum atomic E-state index is -0.0698. The molecule has 2 nitrogen and oxygen atoms in total. The van der Waals surface area contributed by atoms with Crippen molar-refractivity contribution in [3.63, 3.8) is 0 Å². The van der Waals surface area contributed by atoms with Crippen LogP contribution in [0.25, 0.3) is 5.57 Å². The summed E-state index contributed by atoms with van der Waals surface area (Å²) in [6.45, 7) is 1.35. The van der Waals surface area contributed by atoms with Crippen molar-refractivity contribution in [1.29, 1.82) is 0 Å². The van der Waals surface area contributed by atoms with Gasteiger partial charge in [-0.15, -0.1) is 0 Å². The fourth-order valence-corrected chi connectivity index (χ4v) is 2.63. The third kappa shape index (κ3) is 2.55. The first kappa shape index (κ1) is 13.1. The van der Waals surface area contributed by atoms with Crippen LogP contribution in [0, 0.1) is 5.41 Å².